The van der Waals surface area contributed by atoms with E-state index in [0.717, 1.165) is 35.1 Å². The van der Waals surface area contributed by atoms with E-state index in [1.165, 1.54) is 11.1 Å². The van der Waals surface area contributed by atoms with Gasteiger partial charge in [0.1, 0.15) is 11.5 Å². The van der Waals surface area contributed by atoms with Crippen LogP contribution < -0.4 is 10.1 Å². The van der Waals surface area contributed by atoms with Crippen LogP contribution in [0.3, 0.4) is 0 Å². The predicted octanol–water partition coefficient (Wildman–Crippen LogP) is 3.79. The number of benzene rings is 3. The molecule has 4 rings (SSSR count). The minimum atomic E-state index is -0.0153. The van der Waals surface area contributed by atoms with Gasteiger partial charge in [0, 0.05) is 22.9 Å². The van der Waals surface area contributed by atoms with E-state index in [-0.39, 0.29) is 6.04 Å². The number of phenolic OH excluding ortho intramolecular Hbond substituents is 1. The number of rotatable bonds is 2. The maximum Gasteiger partial charge on any atom is 0.128 e. The lowest BCUT2D eigenvalue weighted by Gasteiger charge is -2.28. The molecule has 0 aromatic heterocycles. The molecule has 0 saturated carbocycles. The minimum Gasteiger partial charge on any atom is -0.507 e. The monoisotopic (exact) mass is 305 g/mol. The quantitative estimate of drug-likeness (QED) is 0.757. The molecular formula is C20H19NO2. The van der Waals surface area contributed by atoms with Gasteiger partial charge in [-0.2, -0.15) is 0 Å². The molecule has 1 unspecified atom stereocenters. The van der Waals surface area contributed by atoms with Gasteiger partial charge in [-0.25, -0.2) is 0 Å². The molecule has 1 aliphatic rings. The molecule has 3 heteroatoms. The van der Waals surface area contributed by atoms with Crippen molar-refractivity contribution in [2.45, 2.75) is 12.5 Å². The average Bonchev–Trinajstić information content (AvgIpc) is 2.62. The summed E-state index contributed by atoms with van der Waals surface area (Å²) in [7, 11) is 1.67. The number of phenols is 1. The molecular weight excluding hydrogens is 286 g/mol. The average molecular weight is 305 g/mol. The lowest BCUT2D eigenvalue weighted by molar-refractivity contribution is 0.414. The number of ether oxygens (including phenoxy) is 1. The maximum absolute atomic E-state index is 10.9. The topological polar surface area (TPSA) is 41.5 Å². The third kappa shape index (κ3) is 2.25. The Morgan fingerprint density at radius 1 is 1.00 bits per heavy atom. The fraction of sp³-hybridized carbons (Fsp3) is 0.200. The van der Waals surface area contributed by atoms with Crippen molar-refractivity contribution in [2.24, 2.45) is 0 Å². The second kappa shape index (κ2) is 5.60. The number of fused-ring (bicyclic) bond motifs is 2. The summed E-state index contributed by atoms with van der Waals surface area (Å²) in [4.78, 5) is 0. The number of hydrogen-bond donors (Lipinski definition) is 2. The summed E-state index contributed by atoms with van der Waals surface area (Å²) in [6.07, 6.45) is 1.01. The van der Waals surface area contributed by atoms with Crippen LogP contribution in [0.15, 0.2) is 54.6 Å². The Balaban J connectivity index is 1.95. The number of aromatic hydroxyl groups is 1. The summed E-state index contributed by atoms with van der Waals surface area (Å²) in [6, 6.07) is 18.2. The van der Waals surface area contributed by atoms with E-state index in [4.69, 9.17) is 4.74 Å². The zero-order valence-corrected chi connectivity index (χ0v) is 13.0. The molecule has 1 aliphatic heterocycles. The second-order valence-corrected chi connectivity index (χ2v) is 5.90. The number of methoxy groups -OCH3 is 1. The van der Waals surface area contributed by atoms with Crippen LogP contribution in [0, 0.1) is 0 Å². The van der Waals surface area contributed by atoms with Gasteiger partial charge in [-0.15, -0.1) is 0 Å². The van der Waals surface area contributed by atoms with Gasteiger partial charge in [0.25, 0.3) is 0 Å². The molecule has 0 saturated heterocycles. The van der Waals surface area contributed by atoms with Crippen LogP contribution in [0.2, 0.25) is 0 Å². The fourth-order valence-corrected chi connectivity index (χ4v) is 3.52. The lowest BCUT2D eigenvalue weighted by Crippen LogP contribution is -2.30. The summed E-state index contributed by atoms with van der Waals surface area (Å²) in [6.45, 7) is 0.899. The standard InChI is InChI=1S/C20H19NO2/c1-23-18-12-17(20(22)16-9-5-4-8-15(16)18)19-14-7-3-2-6-13(14)10-11-21-19/h2-9,12,19,21-22H,10-11H2,1H3. The Bertz CT molecular complexity index is 873. The predicted molar refractivity (Wildman–Crippen MR) is 92.2 cm³/mol. The molecule has 23 heavy (non-hydrogen) atoms. The molecule has 0 aliphatic carbocycles. The Morgan fingerprint density at radius 2 is 1.74 bits per heavy atom. The molecule has 0 amide bonds. The van der Waals surface area contributed by atoms with Gasteiger partial charge in [0.05, 0.1) is 13.2 Å². The van der Waals surface area contributed by atoms with Gasteiger partial charge >= 0.3 is 0 Å². The van der Waals surface area contributed by atoms with Crippen LogP contribution in [0.1, 0.15) is 22.7 Å². The third-order valence-corrected chi connectivity index (χ3v) is 4.65. The largest absolute Gasteiger partial charge is 0.507 e. The fourth-order valence-electron chi connectivity index (χ4n) is 3.52. The van der Waals surface area contributed by atoms with Crippen molar-refractivity contribution in [3.63, 3.8) is 0 Å². The zero-order chi connectivity index (χ0) is 15.8. The lowest BCUT2D eigenvalue weighted by atomic mass is 9.88. The molecule has 1 atom stereocenters. The van der Waals surface area contributed by atoms with Crippen LogP contribution in [0.25, 0.3) is 10.8 Å². The van der Waals surface area contributed by atoms with Gasteiger partial charge in [-0.3, -0.25) is 0 Å². The molecule has 2 N–H and O–H groups in total. The van der Waals surface area contributed by atoms with Gasteiger partial charge in [0.2, 0.25) is 0 Å². The van der Waals surface area contributed by atoms with Crippen molar-refractivity contribution < 1.29 is 9.84 Å². The first-order valence-electron chi connectivity index (χ1n) is 7.89. The first-order valence-corrected chi connectivity index (χ1v) is 7.89. The Hall–Kier alpha value is -2.52. The van der Waals surface area contributed by atoms with E-state index < -0.39 is 0 Å². The van der Waals surface area contributed by atoms with E-state index in [0.29, 0.717) is 5.75 Å². The zero-order valence-electron chi connectivity index (χ0n) is 13.0. The Kier molecular flexibility index (Phi) is 3.43. The van der Waals surface area contributed by atoms with Gasteiger partial charge in [-0.05, 0) is 23.6 Å². The van der Waals surface area contributed by atoms with Crippen molar-refractivity contribution in [1.82, 2.24) is 5.32 Å². The highest BCUT2D eigenvalue weighted by atomic mass is 16.5. The normalized spacial score (nSPS) is 17.0. The van der Waals surface area contributed by atoms with Crippen molar-refractivity contribution in [3.05, 3.63) is 71.3 Å². The Labute approximate surface area is 135 Å². The summed E-state index contributed by atoms with van der Waals surface area (Å²) < 4.78 is 5.56. The van der Waals surface area contributed by atoms with Crippen LogP contribution >= 0.6 is 0 Å². The van der Waals surface area contributed by atoms with E-state index in [2.05, 4.69) is 23.5 Å². The Morgan fingerprint density at radius 3 is 2.57 bits per heavy atom. The first-order chi connectivity index (χ1) is 11.3. The van der Waals surface area contributed by atoms with E-state index in [1.54, 1.807) is 7.11 Å². The molecule has 0 spiro atoms. The molecule has 0 bridgehead atoms. The third-order valence-electron chi connectivity index (χ3n) is 4.65. The van der Waals surface area contributed by atoms with E-state index >= 15 is 0 Å². The van der Waals surface area contributed by atoms with Crippen LogP contribution in [-0.4, -0.2) is 18.8 Å². The summed E-state index contributed by atoms with van der Waals surface area (Å²) in [5.41, 5.74) is 3.43. The van der Waals surface area contributed by atoms with Crippen molar-refractivity contribution in [2.75, 3.05) is 13.7 Å². The molecule has 3 aromatic carbocycles. The molecule has 0 radical (unpaired) electrons. The summed E-state index contributed by atoms with van der Waals surface area (Å²) >= 11 is 0. The van der Waals surface area contributed by atoms with Gasteiger partial charge in [0.15, 0.2) is 0 Å². The summed E-state index contributed by atoms with van der Waals surface area (Å²) in [5, 5.41) is 16.1. The van der Waals surface area contributed by atoms with Crippen LogP contribution in [0.4, 0.5) is 0 Å². The van der Waals surface area contributed by atoms with Gasteiger partial charge in [-0.1, -0.05) is 48.5 Å². The second-order valence-electron chi connectivity index (χ2n) is 5.90. The van der Waals surface area contributed by atoms with E-state index in [9.17, 15) is 5.11 Å². The van der Waals surface area contributed by atoms with E-state index in [1.807, 2.05) is 36.4 Å². The SMILES string of the molecule is COc1cc(C2NCCc3ccccc32)c(O)c2ccccc12. The van der Waals surface area contributed by atoms with Crippen molar-refractivity contribution in [3.8, 4) is 11.5 Å². The maximum atomic E-state index is 10.9. The highest BCUT2D eigenvalue weighted by Gasteiger charge is 2.25. The molecule has 116 valence electrons. The molecule has 3 aromatic rings. The number of hydrogen-bond acceptors (Lipinski definition) is 3. The summed E-state index contributed by atoms with van der Waals surface area (Å²) in [5.74, 6) is 1.12. The molecule has 1 heterocycles. The smallest absolute Gasteiger partial charge is 0.128 e. The van der Waals surface area contributed by atoms with Crippen LogP contribution in [0.5, 0.6) is 11.5 Å². The number of nitrogens with one attached hydrogen (secondary N) is 1. The molecule has 3 nitrogen and oxygen atoms in total. The highest BCUT2D eigenvalue weighted by Crippen LogP contribution is 2.41. The highest BCUT2D eigenvalue weighted by molar-refractivity contribution is 5.94. The van der Waals surface area contributed by atoms with Crippen LogP contribution in [-0.2, 0) is 6.42 Å². The molecule has 0 fully saturated rings. The van der Waals surface area contributed by atoms with Crippen molar-refractivity contribution >= 4 is 10.8 Å². The van der Waals surface area contributed by atoms with Gasteiger partial charge < -0.3 is 15.2 Å². The minimum absolute atomic E-state index is 0.0153. The first kappa shape index (κ1) is 14.1. The van der Waals surface area contributed by atoms with Crippen molar-refractivity contribution in [1.29, 1.82) is 0 Å².